The Morgan fingerprint density at radius 1 is 1.26 bits per heavy atom. The van der Waals surface area contributed by atoms with Crippen molar-refractivity contribution in [1.29, 1.82) is 0 Å². The number of carbonyl (C=O) groups excluding carboxylic acids is 2. The first kappa shape index (κ1) is 17.6. The molecule has 1 atom stereocenters. The van der Waals surface area contributed by atoms with E-state index < -0.39 is 28.8 Å². The fraction of sp³-hybridized carbons (Fsp3) is 0.444. The van der Waals surface area contributed by atoms with Gasteiger partial charge >= 0.3 is 6.03 Å². The summed E-state index contributed by atoms with van der Waals surface area (Å²) in [5, 5.41) is 6.60. The second-order valence-corrected chi connectivity index (χ2v) is 7.33. The van der Waals surface area contributed by atoms with Crippen molar-refractivity contribution in [1.82, 2.24) is 20.4 Å². The zero-order valence-corrected chi connectivity index (χ0v) is 14.9. The molecule has 1 saturated carbocycles. The van der Waals surface area contributed by atoms with Crippen molar-refractivity contribution in [2.24, 2.45) is 5.73 Å². The summed E-state index contributed by atoms with van der Waals surface area (Å²) in [6, 6.07) is 4.86. The molecule has 1 aliphatic heterocycles. The van der Waals surface area contributed by atoms with E-state index in [2.05, 4.69) is 15.5 Å². The van der Waals surface area contributed by atoms with Gasteiger partial charge in [0.15, 0.2) is 5.82 Å². The number of nitrogens with two attached hydrogens (primary N) is 1. The average molecular weight is 373 g/mol. The molecule has 0 radical (unpaired) electrons. The van der Waals surface area contributed by atoms with Crippen molar-refractivity contribution < 1.29 is 18.5 Å². The molecule has 27 heavy (non-hydrogen) atoms. The fourth-order valence-corrected chi connectivity index (χ4v) is 3.71. The molecule has 3 N–H and O–H groups in total. The molecule has 9 heteroatoms. The van der Waals surface area contributed by atoms with Crippen molar-refractivity contribution in [2.75, 3.05) is 0 Å². The van der Waals surface area contributed by atoms with Crippen LogP contribution in [-0.4, -0.2) is 27.0 Å². The second kappa shape index (κ2) is 6.12. The van der Waals surface area contributed by atoms with Crippen molar-refractivity contribution in [3.05, 3.63) is 47.4 Å². The molecular formula is C18H20FN5O3. The smallest absolute Gasteiger partial charge is 0.325 e. The van der Waals surface area contributed by atoms with Gasteiger partial charge in [0.05, 0.1) is 5.54 Å². The third-order valence-corrected chi connectivity index (χ3v) is 5.40. The largest absolute Gasteiger partial charge is 0.337 e. The van der Waals surface area contributed by atoms with Crippen LogP contribution < -0.4 is 11.1 Å². The minimum absolute atomic E-state index is 0.147. The number of nitrogens with one attached hydrogen (secondary N) is 1. The number of amides is 3. The van der Waals surface area contributed by atoms with Crippen LogP contribution in [0.2, 0.25) is 0 Å². The lowest BCUT2D eigenvalue weighted by molar-refractivity contribution is -0.131. The van der Waals surface area contributed by atoms with Gasteiger partial charge in [0.1, 0.15) is 17.9 Å². The summed E-state index contributed by atoms with van der Waals surface area (Å²) in [5.74, 6) is -0.337. The SMILES string of the molecule is CC1(c2ccc(F)cc2)NC(=O)N(Cc2nc(C3(N)CCCC3)no2)C1=O. The van der Waals surface area contributed by atoms with E-state index in [0.29, 0.717) is 11.4 Å². The second-order valence-electron chi connectivity index (χ2n) is 7.33. The van der Waals surface area contributed by atoms with Gasteiger partial charge in [-0.15, -0.1) is 0 Å². The molecule has 0 spiro atoms. The fourth-order valence-electron chi connectivity index (χ4n) is 3.71. The Balaban J connectivity index is 1.55. The minimum Gasteiger partial charge on any atom is -0.337 e. The molecule has 1 aliphatic carbocycles. The highest BCUT2D eigenvalue weighted by molar-refractivity contribution is 6.07. The van der Waals surface area contributed by atoms with Gasteiger partial charge in [-0.2, -0.15) is 4.98 Å². The predicted octanol–water partition coefficient (Wildman–Crippen LogP) is 1.90. The Morgan fingerprint density at radius 2 is 1.93 bits per heavy atom. The first-order valence-corrected chi connectivity index (χ1v) is 8.84. The Labute approximate surface area is 154 Å². The minimum atomic E-state index is -1.28. The number of benzene rings is 1. The van der Waals surface area contributed by atoms with Crippen LogP contribution in [-0.2, 0) is 22.4 Å². The number of imide groups is 1. The van der Waals surface area contributed by atoms with Gasteiger partial charge < -0.3 is 15.6 Å². The standard InChI is InChI=1S/C18H20FN5O3/c1-17(11-4-6-12(19)7-5-11)15(25)24(16(26)22-17)10-13-21-14(23-27-13)18(20)8-2-3-9-18/h4-7H,2-3,8-10,20H2,1H3,(H,22,26). The maximum Gasteiger partial charge on any atom is 0.325 e. The van der Waals surface area contributed by atoms with Crippen LogP contribution in [0.4, 0.5) is 9.18 Å². The summed E-state index contributed by atoms with van der Waals surface area (Å²) >= 11 is 0. The van der Waals surface area contributed by atoms with Gasteiger partial charge in [-0.25, -0.2) is 9.18 Å². The van der Waals surface area contributed by atoms with Crippen molar-refractivity contribution in [3.8, 4) is 0 Å². The van der Waals surface area contributed by atoms with Crippen LogP contribution >= 0.6 is 0 Å². The first-order valence-electron chi connectivity index (χ1n) is 8.84. The Hall–Kier alpha value is -2.81. The normalized spacial score (nSPS) is 24.5. The third-order valence-electron chi connectivity index (χ3n) is 5.40. The van der Waals surface area contributed by atoms with E-state index in [4.69, 9.17) is 10.3 Å². The van der Waals surface area contributed by atoms with Gasteiger partial charge in [0.2, 0.25) is 5.89 Å². The zero-order chi connectivity index (χ0) is 19.2. The maximum absolute atomic E-state index is 13.2. The van der Waals surface area contributed by atoms with Crippen LogP contribution in [0.3, 0.4) is 0 Å². The number of hydrogen-bond acceptors (Lipinski definition) is 6. The molecule has 1 aromatic carbocycles. The lowest BCUT2D eigenvalue weighted by Crippen LogP contribution is -2.40. The third kappa shape index (κ3) is 2.87. The average Bonchev–Trinajstić information content (AvgIpc) is 3.33. The topological polar surface area (TPSA) is 114 Å². The van der Waals surface area contributed by atoms with Crippen molar-refractivity contribution in [2.45, 2.75) is 50.2 Å². The van der Waals surface area contributed by atoms with Crippen molar-refractivity contribution in [3.63, 3.8) is 0 Å². The van der Waals surface area contributed by atoms with E-state index >= 15 is 0 Å². The quantitative estimate of drug-likeness (QED) is 0.791. The zero-order valence-electron chi connectivity index (χ0n) is 14.9. The molecule has 2 fully saturated rings. The number of hydrogen-bond donors (Lipinski definition) is 2. The molecule has 8 nitrogen and oxygen atoms in total. The molecule has 3 amide bonds. The molecule has 2 aliphatic rings. The molecule has 2 aromatic rings. The van der Waals surface area contributed by atoms with Gasteiger partial charge in [-0.05, 0) is 37.5 Å². The molecule has 1 saturated heterocycles. The van der Waals surface area contributed by atoms with E-state index in [1.165, 1.54) is 24.3 Å². The molecule has 2 heterocycles. The summed E-state index contributed by atoms with van der Waals surface area (Å²) in [7, 11) is 0. The Bertz CT molecular complexity index is 891. The van der Waals surface area contributed by atoms with E-state index in [1.807, 2.05) is 0 Å². The van der Waals surface area contributed by atoms with Gasteiger partial charge in [0, 0.05) is 0 Å². The van der Waals surface area contributed by atoms with Gasteiger partial charge in [-0.3, -0.25) is 9.69 Å². The lowest BCUT2D eigenvalue weighted by atomic mass is 9.92. The molecular weight excluding hydrogens is 353 g/mol. The van der Waals surface area contributed by atoms with Crippen LogP contribution in [0.5, 0.6) is 0 Å². The monoisotopic (exact) mass is 373 g/mol. The predicted molar refractivity (Wildman–Crippen MR) is 91.5 cm³/mol. The number of nitrogens with zero attached hydrogens (tertiary/aromatic N) is 3. The van der Waals surface area contributed by atoms with Gasteiger partial charge in [0.25, 0.3) is 5.91 Å². The molecule has 1 aromatic heterocycles. The number of aromatic nitrogens is 2. The van der Waals surface area contributed by atoms with E-state index in [1.54, 1.807) is 6.92 Å². The highest BCUT2D eigenvalue weighted by Gasteiger charge is 2.49. The Morgan fingerprint density at radius 3 is 2.59 bits per heavy atom. The Kier molecular flexibility index (Phi) is 3.99. The number of urea groups is 1. The summed E-state index contributed by atoms with van der Waals surface area (Å²) in [4.78, 5) is 30.6. The molecule has 142 valence electrons. The number of halogens is 1. The van der Waals surface area contributed by atoms with E-state index in [0.717, 1.165) is 30.6 Å². The van der Waals surface area contributed by atoms with Gasteiger partial charge in [-0.1, -0.05) is 30.1 Å². The van der Waals surface area contributed by atoms with Crippen LogP contribution in [0.1, 0.15) is 49.9 Å². The van der Waals surface area contributed by atoms with Crippen LogP contribution in [0.25, 0.3) is 0 Å². The number of carbonyl (C=O) groups is 2. The van der Waals surface area contributed by atoms with Crippen LogP contribution in [0, 0.1) is 5.82 Å². The summed E-state index contributed by atoms with van der Waals surface area (Å²) in [5.41, 5.74) is 4.91. The van der Waals surface area contributed by atoms with E-state index in [9.17, 15) is 14.0 Å². The summed E-state index contributed by atoms with van der Waals surface area (Å²) in [6.07, 6.45) is 3.56. The highest BCUT2D eigenvalue weighted by Crippen LogP contribution is 2.35. The van der Waals surface area contributed by atoms with Crippen molar-refractivity contribution >= 4 is 11.9 Å². The highest BCUT2D eigenvalue weighted by atomic mass is 19.1. The molecule has 0 bridgehead atoms. The first-order chi connectivity index (χ1) is 12.8. The summed E-state index contributed by atoms with van der Waals surface area (Å²) < 4.78 is 18.4. The summed E-state index contributed by atoms with van der Waals surface area (Å²) in [6.45, 7) is 1.43. The number of rotatable bonds is 4. The van der Waals surface area contributed by atoms with Crippen LogP contribution in [0.15, 0.2) is 28.8 Å². The van der Waals surface area contributed by atoms with E-state index in [-0.39, 0.29) is 12.4 Å². The maximum atomic E-state index is 13.2. The molecule has 4 rings (SSSR count). The lowest BCUT2D eigenvalue weighted by Gasteiger charge is -2.21. The molecule has 1 unspecified atom stereocenters.